The van der Waals surface area contributed by atoms with Crippen molar-refractivity contribution in [2.45, 2.75) is 13.3 Å². The fourth-order valence-electron chi connectivity index (χ4n) is 1.70. The highest BCUT2D eigenvalue weighted by molar-refractivity contribution is 7.99. The predicted octanol–water partition coefficient (Wildman–Crippen LogP) is 2.14. The van der Waals surface area contributed by atoms with Crippen molar-refractivity contribution in [3.05, 3.63) is 17.8 Å². The minimum absolute atomic E-state index is 0.775. The molecule has 1 aliphatic rings. The lowest BCUT2D eigenvalue weighted by Crippen LogP contribution is -2.15. The Kier molecular flexibility index (Phi) is 3.36. The van der Waals surface area contributed by atoms with Gasteiger partial charge in [-0.2, -0.15) is 11.8 Å². The highest BCUT2D eigenvalue weighted by Gasteiger charge is 2.15. The number of aryl methyl sites for hydroxylation is 1. The summed E-state index contributed by atoms with van der Waals surface area (Å²) >= 11 is 2.03. The molecule has 2 rings (SSSR count). The van der Waals surface area contributed by atoms with Gasteiger partial charge in [0, 0.05) is 12.7 Å². The number of thioether (sulfide) groups is 1. The number of nitrogens with zero attached hydrogens (tertiary/aromatic N) is 1. The summed E-state index contributed by atoms with van der Waals surface area (Å²) in [6.07, 6.45) is 3.11. The molecule has 1 atom stereocenters. The molecule has 0 spiro atoms. The highest BCUT2D eigenvalue weighted by atomic mass is 32.2. The van der Waals surface area contributed by atoms with Crippen molar-refractivity contribution in [1.29, 1.82) is 0 Å². The van der Waals surface area contributed by atoms with Crippen molar-refractivity contribution in [3.63, 3.8) is 0 Å². The van der Waals surface area contributed by atoms with Gasteiger partial charge in [0.25, 0.3) is 0 Å². The van der Waals surface area contributed by atoms with Gasteiger partial charge in [-0.05, 0) is 42.4 Å². The molecule has 15 heavy (non-hydrogen) atoms. The Labute approximate surface area is 94.8 Å². The van der Waals surface area contributed by atoms with E-state index in [9.17, 15) is 0 Å². The van der Waals surface area contributed by atoms with Crippen LogP contribution in [-0.4, -0.2) is 23.0 Å². The fourth-order valence-corrected chi connectivity index (χ4v) is 2.98. The Morgan fingerprint density at radius 1 is 1.67 bits per heavy atom. The fraction of sp³-hybridized carbons (Fsp3) is 0.545. The van der Waals surface area contributed by atoms with Gasteiger partial charge in [-0.3, -0.25) is 0 Å². The van der Waals surface area contributed by atoms with Gasteiger partial charge in [-0.1, -0.05) is 0 Å². The van der Waals surface area contributed by atoms with E-state index < -0.39 is 0 Å². The van der Waals surface area contributed by atoms with Gasteiger partial charge in [0.05, 0.1) is 5.69 Å². The average molecular weight is 223 g/mol. The molecule has 0 aromatic carbocycles. The molecular weight excluding hydrogens is 206 g/mol. The molecule has 4 heteroatoms. The summed E-state index contributed by atoms with van der Waals surface area (Å²) < 4.78 is 0. The first-order valence-corrected chi connectivity index (χ1v) is 6.45. The number of anilines is 2. The van der Waals surface area contributed by atoms with Crippen molar-refractivity contribution < 1.29 is 0 Å². The molecule has 82 valence electrons. The molecule has 1 aromatic rings. The summed E-state index contributed by atoms with van der Waals surface area (Å²) in [4.78, 5) is 4.26. The van der Waals surface area contributed by atoms with Crippen LogP contribution >= 0.6 is 11.8 Å². The zero-order chi connectivity index (χ0) is 10.7. The van der Waals surface area contributed by atoms with Crippen LogP contribution < -0.4 is 11.1 Å². The summed E-state index contributed by atoms with van der Waals surface area (Å²) in [5.41, 5.74) is 7.81. The Hall–Kier alpha value is -0.900. The predicted molar refractivity (Wildman–Crippen MR) is 67.3 cm³/mol. The molecule has 1 saturated heterocycles. The lowest BCUT2D eigenvalue weighted by atomic mass is 10.1. The van der Waals surface area contributed by atoms with Crippen molar-refractivity contribution in [2.24, 2.45) is 5.92 Å². The van der Waals surface area contributed by atoms with Crippen molar-refractivity contribution in [3.8, 4) is 0 Å². The van der Waals surface area contributed by atoms with Gasteiger partial charge >= 0.3 is 0 Å². The van der Waals surface area contributed by atoms with Crippen LogP contribution in [0, 0.1) is 12.8 Å². The van der Waals surface area contributed by atoms with Gasteiger partial charge in [-0.15, -0.1) is 0 Å². The molecule has 1 fully saturated rings. The lowest BCUT2D eigenvalue weighted by Gasteiger charge is -2.13. The summed E-state index contributed by atoms with van der Waals surface area (Å²) in [7, 11) is 0. The first-order chi connectivity index (χ1) is 7.27. The van der Waals surface area contributed by atoms with Crippen molar-refractivity contribution in [1.82, 2.24) is 4.98 Å². The second-order valence-corrected chi connectivity index (χ2v) is 5.15. The van der Waals surface area contributed by atoms with Crippen LogP contribution in [0.15, 0.2) is 12.3 Å². The topological polar surface area (TPSA) is 50.9 Å². The normalized spacial score (nSPS) is 20.5. The number of rotatable bonds is 3. The minimum Gasteiger partial charge on any atom is -0.396 e. The third-order valence-corrected chi connectivity index (χ3v) is 4.02. The number of hydrogen-bond donors (Lipinski definition) is 2. The lowest BCUT2D eigenvalue weighted by molar-refractivity contribution is 0.630. The van der Waals surface area contributed by atoms with E-state index in [1.807, 2.05) is 24.8 Å². The van der Waals surface area contributed by atoms with E-state index in [1.54, 1.807) is 6.20 Å². The Bertz CT molecular complexity index is 335. The number of nitrogens with one attached hydrogen (secondary N) is 1. The van der Waals surface area contributed by atoms with Crippen LogP contribution in [0.5, 0.6) is 0 Å². The van der Waals surface area contributed by atoms with Crippen LogP contribution in [0.1, 0.15) is 12.0 Å². The number of nitrogens with two attached hydrogens (primary N) is 1. The van der Waals surface area contributed by atoms with Gasteiger partial charge in [-0.25, -0.2) is 4.98 Å². The zero-order valence-corrected chi connectivity index (χ0v) is 9.81. The van der Waals surface area contributed by atoms with Crippen molar-refractivity contribution in [2.75, 3.05) is 29.1 Å². The van der Waals surface area contributed by atoms with Gasteiger partial charge < -0.3 is 11.1 Å². The van der Waals surface area contributed by atoms with Crippen LogP contribution in [0.4, 0.5) is 11.5 Å². The number of aromatic nitrogens is 1. The molecule has 0 aliphatic carbocycles. The number of nitrogen functional groups attached to an aromatic ring is 1. The van der Waals surface area contributed by atoms with E-state index in [0.717, 1.165) is 29.5 Å². The largest absolute Gasteiger partial charge is 0.396 e. The van der Waals surface area contributed by atoms with E-state index in [1.165, 1.54) is 17.9 Å². The van der Waals surface area contributed by atoms with E-state index in [-0.39, 0.29) is 0 Å². The molecule has 3 N–H and O–H groups in total. The maximum atomic E-state index is 5.94. The van der Waals surface area contributed by atoms with E-state index >= 15 is 0 Å². The number of pyridine rings is 1. The van der Waals surface area contributed by atoms with E-state index in [2.05, 4.69) is 10.3 Å². The molecule has 1 aromatic heterocycles. The SMILES string of the molecule is Cc1ccnc(NCC2CCSC2)c1N. The van der Waals surface area contributed by atoms with Crippen molar-refractivity contribution >= 4 is 23.3 Å². The minimum atomic E-state index is 0.775. The molecule has 1 unspecified atom stereocenters. The monoisotopic (exact) mass is 223 g/mol. The van der Waals surface area contributed by atoms with Crippen LogP contribution in [0.3, 0.4) is 0 Å². The summed E-state index contributed by atoms with van der Waals surface area (Å²) in [5.74, 6) is 4.17. The first kappa shape index (κ1) is 10.6. The molecular formula is C11H17N3S. The van der Waals surface area contributed by atoms with Gasteiger partial charge in [0.2, 0.25) is 0 Å². The molecule has 0 radical (unpaired) electrons. The summed E-state index contributed by atoms with van der Waals surface area (Å²) in [5, 5.41) is 3.35. The van der Waals surface area contributed by atoms with Gasteiger partial charge in [0.1, 0.15) is 5.82 Å². The first-order valence-electron chi connectivity index (χ1n) is 5.30. The summed E-state index contributed by atoms with van der Waals surface area (Å²) in [6, 6.07) is 1.94. The standard InChI is InChI=1S/C11H17N3S/c1-8-2-4-13-11(10(8)12)14-6-9-3-5-15-7-9/h2,4,9H,3,5-7,12H2,1H3,(H,13,14). The molecule has 2 heterocycles. The third kappa shape index (κ3) is 2.56. The quantitative estimate of drug-likeness (QED) is 0.824. The second kappa shape index (κ2) is 4.75. The van der Waals surface area contributed by atoms with E-state index in [4.69, 9.17) is 5.73 Å². The van der Waals surface area contributed by atoms with Crippen LogP contribution in [0.2, 0.25) is 0 Å². The Balaban J connectivity index is 1.95. The number of hydrogen-bond acceptors (Lipinski definition) is 4. The molecule has 1 aliphatic heterocycles. The molecule has 0 amide bonds. The molecule has 0 bridgehead atoms. The average Bonchev–Trinajstić information content (AvgIpc) is 2.73. The van der Waals surface area contributed by atoms with Crippen LogP contribution in [0.25, 0.3) is 0 Å². The third-order valence-electron chi connectivity index (χ3n) is 2.79. The molecule has 0 saturated carbocycles. The smallest absolute Gasteiger partial charge is 0.149 e. The Morgan fingerprint density at radius 3 is 3.27 bits per heavy atom. The second-order valence-electron chi connectivity index (χ2n) is 4.00. The van der Waals surface area contributed by atoms with E-state index in [0.29, 0.717) is 0 Å². The highest BCUT2D eigenvalue weighted by Crippen LogP contribution is 2.25. The maximum Gasteiger partial charge on any atom is 0.149 e. The maximum absolute atomic E-state index is 5.94. The zero-order valence-electron chi connectivity index (χ0n) is 8.99. The van der Waals surface area contributed by atoms with Crippen LogP contribution in [-0.2, 0) is 0 Å². The Morgan fingerprint density at radius 2 is 2.53 bits per heavy atom. The van der Waals surface area contributed by atoms with Gasteiger partial charge in [0.15, 0.2) is 0 Å². The summed E-state index contributed by atoms with van der Waals surface area (Å²) in [6.45, 7) is 3.00. The molecule has 3 nitrogen and oxygen atoms in total.